The van der Waals surface area contributed by atoms with Gasteiger partial charge in [0.1, 0.15) is 0 Å². The van der Waals surface area contributed by atoms with E-state index in [2.05, 4.69) is 31.2 Å². The van der Waals surface area contributed by atoms with Crippen LogP contribution >= 0.6 is 0 Å². The summed E-state index contributed by atoms with van der Waals surface area (Å²) < 4.78 is 11.7. The number of hydrogen-bond acceptors (Lipinski definition) is 3. The molecule has 0 radical (unpaired) electrons. The third-order valence-electron chi connectivity index (χ3n) is 5.73. The average molecular weight is 365 g/mol. The minimum atomic E-state index is 0.177. The maximum atomic E-state index is 12.6. The van der Waals surface area contributed by atoms with Crippen LogP contribution in [0, 0.1) is 6.92 Å². The summed E-state index contributed by atoms with van der Waals surface area (Å²) in [4.78, 5) is 14.5. The van der Waals surface area contributed by atoms with Crippen molar-refractivity contribution >= 4 is 11.6 Å². The molecule has 1 aliphatic heterocycles. The van der Waals surface area contributed by atoms with Crippen molar-refractivity contribution in [2.24, 2.45) is 0 Å². The zero-order valence-electron chi connectivity index (χ0n) is 16.1. The number of ether oxygens (including phenoxy) is 2. The topological polar surface area (TPSA) is 38.8 Å². The number of carbonyl (C=O) groups excluding carboxylic acids is 1. The van der Waals surface area contributed by atoms with Crippen LogP contribution in [-0.4, -0.2) is 25.7 Å². The molecule has 1 saturated heterocycles. The fourth-order valence-electron chi connectivity index (χ4n) is 4.13. The van der Waals surface area contributed by atoms with E-state index in [0.717, 1.165) is 35.6 Å². The van der Waals surface area contributed by atoms with Crippen molar-refractivity contribution in [1.82, 2.24) is 0 Å². The molecule has 27 heavy (non-hydrogen) atoms. The molecule has 0 aromatic heterocycles. The van der Waals surface area contributed by atoms with Gasteiger partial charge < -0.3 is 14.4 Å². The number of rotatable bonds is 5. The highest BCUT2D eigenvalue weighted by Crippen LogP contribution is 2.38. The molecule has 1 heterocycles. The van der Waals surface area contributed by atoms with Crippen molar-refractivity contribution in [1.29, 1.82) is 0 Å². The molecule has 2 aromatic carbocycles. The van der Waals surface area contributed by atoms with Crippen molar-refractivity contribution < 1.29 is 14.3 Å². The number of nitrogens with zero attached hydrogens (tertiary/aromatic N) is 1. The second kappa shape index (κ2) is 7.63. The van der Waals surface area contributed by atoms with Gasteiger partial charge in [0.25, 0.3) is 0 Å². The van der Waals surface area contributed by atoms with Gasteiger partial charge in [0, 0.05) is 24.6 Å². The molecule has 0 unspecified atom stereocenters. The first-order chi connectivity index (χ1) is 13.1. The maximum absolute atomic E-state index is 12.6. The van der Waals surface area contributed by atoms with E-state index in [-0.39, 0.29) is 17.9 Å². The third-order valence-corrected chi connectivity index (χ3v) is 5.73. The van der Waals surface area contributed by atoms with Gasteiger partial charge in [-0.25, -0.2) is 0 Å². The van der Waals surface area contributed by atoms with Crippen LogP contribution in [0.5, 0.6) is 11.5 Å². The highest BCUT2D eigenvalue weighted by molar-refractivity contribution is 5.96. The molecule has 0 bridgehead atoms. The third kappa shape index (κ3) is 3.80. The summed E-state index contributed by atoms with van der Waals surface area (Å²) in [6.45, 7) is 2.76. The molecular formula is C23H27NO3. The Balaban J connectivity index is 1.54. The Labute approximate surface area is 161 Å². The summed E-state index contributed by atoms with van der Waals surface area (Å²) in [5.41, 5.74) is 3.32. The quantitative estimate of drug-likeness (QED) is 0.761. The Morgan fingerprint density at radius 3 is 2.44 bits per heavy atom. The van der Waals surface area contributed by atoms with E-state index >= 15 is 0 Å². The Morgan fingerprint density at radius 1 is 1.00 bits per heavy atom. The lowest BCUT2D eigenvalue weighted by molar-refractivity contribution is -0.117. The van der Waals surface area contributed by atoms with Gasteiger partial charge >= 0.3 is 0 Å². The summed E-state index contributed by atoms with van der Waals surface area (Å²) in [6.07, 6.45) is 5.49. The molecule has 2 fully saturated rings. The molecule has 4 heteroatoms. The van der Waals surface area contributed by atoms with Crippen LogP contribution in [-0.2, 0) is 4.79 Å². The van der Waals surface area contributed by atoms with Gasteiger partial charge in [-0.15, -0.1) is 0 Å². The zero-order valence-corrected chi connectivity index (χ0v) is 16.1. The Bertz CT molecular complexity index is 809. The molecule has 1 atom stereocenters. The van der Waals surface area contributed by atoms with Gasteiger partial charge in [0.2, 0.25) is 5.91 Å². The first kappa shape index (κ1) is 17.9. The average Bonchev–Trinajstić information content (AvgIpc) is 3.32. The molecule has 2 aromatic rings. The predicted octanol–water partition coefficient (Wildman–Crippen LogP) is 4.85. The highest BCUT2D eigenvalue weighted by atomic mass is 16.5. The zero-order chi connectivity index (χ0) is 18.8. The smallest absolute Gasteiger partial charge is 0.227 e. The van der Waals surface area contributed by atoms with E-state index in [1.165, 1.54) is 18.4 Å². The van der Waals surface area contributed by atoms with Crippen LogP contribution in [0.25, 0.3) is 0 Å². The van der Waals surface area contributed by atoms with E-state index in [9.17, 15) is 4.79 Å². The number of carbonyl (C=O) groups is 1. The van der Waals surface area contributed by atoms with Crippen LogP contribution in [0.4, 0.5) is 5.69 Å². The first-order valence-electron chi connectivity index (χ1n) is 9.85. The van der Waals surface area contributed by atoms with Crippen LogP contribution in [0.2, 0.25) is 0 Å². The summed E-state index contributed by atoms with van der Waals surface area (Å²) in [5, 5.41) is 0. The highest BCUT2D eigenvalue weighted by Gasteiger charge is 2.32. The van der Waals surface area contributed by atoms with Crippen molar-refractivity contribution in [3.05, 3.63) is 53.6 Å². The summed E-state index contributed by atoms with van der Waals surface area (Å²) >= 11 is 0. The summed E-state index contributed by atoms with van der Waals surface area (Å²) in [7, 11) is 1.68. The van der Waals surface area contributed by atoms with Crippen LogP contribution < -0.4 is 14.4 Å². The van der Waals surface area contributed by atoms with Crippen molar-refractivity contribution in [2.45, 2.75) is 51.0 Å². The van der Waals surface area contributed by atoms with Crippen LogP contribution in [0.1, 0.15) is 49.1 Å². The Kier molecular flexibility index (Phi) is 5.06. The van der Waals surface area contributed by atoms with Gasteiger partial charge in [0.05, 0.1) is 13.2 Å². The molecule has 0 N–H and O–H groups in total. The van der Waals surface area contributed by atoms with Gasteiger partial charge in [-0.05, 0) is 62.4 Å². The lowest BCUT2D eigenvalue weighted by Gasteiger charge is -2.19. The molecule has 4 nitrogen and oxygen atoms in total. The maximum Gasteiger partial charge on any atom is 0.227 e. The molecular weight excluding hydrogens is 338 g/mol. The number of amides is 1. The first-order valence-corrected chi connectivity index (χ1v) is 9.85. The second-order valence-electron chi connectivity index (χ2n) is 7.68. The predicted molar refractivity (Wildman–Crippen MR) is 107 cm³/mol. The SMILES string of the molecule is COc1ccc([C@H]2CC(=O)N(c3ccc(C)cc3)C2)cc1OC1CCCC1. The fourth-order valence-corrected chi connectivity index (χ4v) is 4.13. The second-order valence-corrected chi connectivity index (χ2v) is 7.68. The van der Waals surface area contributed by atoms with E-state index < -0.39 is 0 Å². The normalized spacial score (nSPS) is 20.3. The lowest BCUT2D eigenvalue weighted by atomic mass is 9.98. The minimum absolute atomic E-state index is 0.177. The van der Waals surface area contributed by atoms with Gasteiger partial charge in [-0.2, -0.15) is 0 Å². The molecule has 2 aliphatic rings. The number of methoxy groups -OCH3 is 1. The van der Waals surface area contributed by atoms with Crippen molar-refractivity contribution in [3.8, 4) is 11.5 Å². The minimum Gasteiger partial charge on any atom is -0.493 e. The van der Waals surface area contributed by atoms with Gasteiger partial charge in [-0.3, -0.25) is 4.79 Å². The monoisotopic (exact) mass is 365 g/mol. The van der Waals surface area contributed by atoms with Crippen LogP contribution in [0.3, 0.4) is 0 Å². The molecule has 1 aliphatic carbocycles. The summed E-state index contributed by atoms with van der Waals surface area (Å²) in [6, 6.07) is 14.3. The molecule has 142 valence electrons. The van der Waals surface area contributed by atoms with E-state index in [1.807, 2.05) is 23.1 Å². The molecule has 4 rings (SSSR count). The lowest BCUT2D eigenvalue weighted by Crippen LogP contribution is -2.24. The number of anilines is 1. The summed E-state index contributed by atoms with van der Waals surface area (Å²) in [5.74, 6) is 1.93. The van der Waals surface area contributed by atoms with E-state index in [1.54, 1.807) is 7.11 Å². The van der Waals surface area contributed by atoms with Crippen LogP contribution in [0.15, 0.2) is 42.5 Å². The van der Waals surface area contributed by atoms with Crippen molar-refractivity contribution in [2.75, 3.05) is 18.6 Å². The molecule has 0 spiro atoms. The fraction of sp³-hybridized carbons (Fsp3) is 0.435. The van der Waals surface area contributed by atoms with Crippen molar-refractivity contribution in [3.63, 3.8) is 0 Å². The standard InChI is InChI=1S/C23H27NO3/c1-16-7-10-19(11-8-16)24-15-18(14-23(24)25)17-9-12-21(26-2)22(13-17)27-20-5-3-4-6-20/h7-13,18,20H,3-6,14-15H2,1-2H3/t18-/m0/s1. The van der Waals surface area contributed by atoms with E-state index in [0.29, 0.717) is 13.0 Å². The van der Waals surface area contributed by atoms with Gasteiger partial charge in [0.15, 0.2) is 11.5 Å². The van der Waals surface area contributed by atoms with E-state index in [4.69, 9.17) is 9.47 Å². The number of aryl methyl sites for hydroxylation is 1. The molecule has 1 saturated carbocycles. The number of benzene rings is 2. The Morgan fingerprint density at radius 2 is 1.74 bits per heavy atom. The number of hydrogen-bond donors (Lipinski definition) is 0. The Hall–Kier alpha value is -2.49. The largest absolute Gasteiger partial charge is 0.493 e. The van der Waals surface area contributed by atoms with Gasteiger partial charge in [-0.1, -0.05) is 23.8 Å². The molecule has 1 amide bonds.